The van der Waals surface area contributed by atoms with E-state index in [0.29, 0.717) is 17.4 Å². The van der Waals surface area contributed by atoms with Gasteiger partial charge in [-0.3, -0.25) is 4.79 Å². The van der Waals surface area contributed by atoms with Crippen LogP contribution in [0, 0.1) is 5.92 Å². The number of nitrogens with zero attached hydrogens (tertiary/aromatic N) is 1. The molecule has 1 aliphatic rings. The SMILES string of the molecule is NC(=O)c1cccc(NCC2CCCNC2)n1. The molecule has 1 aromatic rings. The Morgan fingerprint density at radius 1 is 1.59 bits per heavy atom. The monoisotopic (exact) mass is 234 g/mol. The molecule has 5 nitrogen and oxygen atoms in total. The van der Waals surface area contributed by atoms with Gasteiger partial charge in [-0.25, -0.2) is 4.98 Å². The lowest BCUT2D eigenvalue weighted by molar-refractivity contribution is 0.0995. The molecular weight excluding hydrogens is 216 g/mol. The summed E-state index contributed by atoms with van der Waals surface area (Å²) in [6, 6.07) is 5.26. The fraction of sp³-hybridized carbons (Fsp3) is 0.500. The summed E-state index contributed by atoms with van der Waals surface area (Å²) in [7, 11) is 0. The Labute approximate surface area is 101 Å². The highest BCUT2D eigenvalue weighted by molar-refractivity contribution is 5.91. The number of rotatable bonds is 4. The van der Waals surface area contributed by atoms with Gasteiger partial charge >= 0.3 is 0 Å². The first-order valence-electron chi connectivity index (χ1n) is 5.97. The molecule has 0 radical (unpaired) electrons. The molecule has 92 valence electrons. The van der Waals surface area contributed by atoms with E-state index in [1.807, 2.05) is 6.07 Å². The summed E-state index contributed by atoms with van der Waals surface area (Å²) in [5, 5.41) is 6.62. The number of piperidine rings is 1. The molecule has 0 saturated carbocycles. The molecule has 5 heteroatoms. The summed E-state index contributed by atoms with van der Waals surface area (Å²) in [6.45, 7) is 3.04. The number of nitrogens with two attached hydrogens (primary N) is 1. The number of carbonyl (C=O) groups is 1. The highest BCUT2D eigenvalue weighted by Crippen LogP contribution is 2.11. The maximum atomic E-state index is 11.0. The molecule has 0 aromatic carbocycles. The molecule has 2 rings (SSSR count). The van der Waals surface area contributed by atoms with Crippen molar-refractivity contribution in [1.29, 1.82) is 0 Å². The van der Waals surface area contributed by atoms with Crippen LogP contribution >= 0.6 is 0 Å². The van der Waals surface area contributed by atoms with Gasteiger partial charge in [-0.1, -0.05) is 6.07 Å². The molecular formula is C12H18N4O. The Bertz CT molecular complexity index is 388. The molecule has 1 amide bonds. The zero-order valence-electron chi connectivity index (χ0n) is 9.78. The molecule has 1 aromatic heterocycles. The van der Waals surface area contributed by atoms with Crippen LogP contribution < -0.4 is 16.4 Å². The minimum absolute atomic E-state index is 0.303. The normalized spacial score (nSPS) is 19.9. The predicted octanol–water partition coefficient (Wildman–Crippen LogP) is 0.592. The van der Waals surface area contributed by atoms with Crippen LogP contribution in [0.5, 0.6) is 0 Å². The predicted molar refractivity (Wildman–Crippen MR) is 66.8 cm³/mol. The Morgan fingerprint density at radius 3 is 3.18 bits per heavy atom. The highest BCUT2D eigenvalue weighted by atomic mass is 16.1. The smallest absolute Gasteiger partial charge is 0.267 e. The van der Waals surface area contributed by atoms with Gasteiger partial charge in [0.05, 0.1) is 0 Å². The Balaban J connectivity index is 1.89. The Morgan fingerprint density at radius 2 is 2.47 bits per heavy atom. The lowest BCUT2D eigenvalue weighted by atomic mass is 10.00. The van der Waals surface area contributed by atoms with Crippen molar-refractivity contribution in [2.75, 3.05) is 25.0 Å². The van der Waals surface area contributed by atoms with E-state index in [1.54, 1.807) is 12.1 Å². The maximum absolute atomic E-state index is 11.0. The van der Waals surface area contributed by atoms with E-state index >= 15 is 0 Å². The van der Waals surface area contributed by atoms with Crippen LogP contribution in [0.4, 0.5) is 5.82 Å². The van der Waals surface area contributed by atoms with Crippen LogP contribution in [0.25, 0.3) is 0 Å². The molecule has 1 aliphatic heterocycles. The minimum atomic E-state index is -0.493. The number of carbonyl (C=O) groups excluding carboxylic acids is 1. The Kier molecular flexibility index (Phi) is 3.93. The van der Waals surface area contributed by atoms with Crippen LogP contribution in [0.3, 0.4) is 0 Å². The first-order chi connectivity index (χ1) is 8.25. The number of anilines is 1. The summed E-state index contributed by atoms with van der Waals surface area (Å²) >= 11 is 0. The van der Waals surface area contributed by atoms with E-state index in [9.17, 15) is 4.79 Å². The van der Waals surface area contributed by atoms with Gasteiger partial charge in [0.15, 0.2) is 0 Å². The van der Waals surface area contributed by atoms with Gasteiger partial charge in [-0.05, 0) is 44.0 Å². The van der Waals surface area contributed by atoms with E-state index in [4.69, 9.17) is 5.73 Å². The van der Waals surface area contributed by atoms with Gasteiger partial charge in [0.2, 0.25) is 0 Å². The molecule has 1 unspecified atom stereocenters. The zero-order chi connectivity index (χ0) is 12.1. The summed E-state index contributed by atoms with van der Waals surface area (Å²) in [6.07, 6.45) is 2.45. The van der Waals surface area contributed by atoms with E-state index in [-0.39, 0.29) is 0 Å². The van der Waals surface area contributed by atoms with Crippen molar-refractivity contribution in [3.05, 3.63) is 23.9 Å². The largest absolute Gasteiger partial charge is 0.370 e. The molecule has 1 atom stereocenters. The van der Waals surface area contributed by atoms with Gasteiger partial charge in [-0.2, -0.15) is 0 Å². The van der Waals surface area contributed by atoms with Crippen LogP contribution in [-0.2, 0) is 0 Å². The second kappa shape index (κ2) is 5.63. The number of aromatic nitrogens is 1. The average Bonchev–Trinajstić information content (AvgIpc) is 2.38. The molecule has 1 saturated heterocycles. The van der Waals surface area contributed by atoms with Crippen molar-refractivity contribution in [2.45, 2.75) is 12.8 Å². The number of pyridine rings is 1. The molecule has 1 fully saturated rings. The summed E-state index contributed by atoms with van der Waals surface area (Å²) in [4.78, 5) is 15.1. The molecule has 17 heavy (non-hydrogen) atoms. The Hall–Kier alpha value is -1.62. The topological polar surface area (TPSA) is 80.0 Å². The number of hydrogen-bond donors (Lipinski definition) is 3. The van der Waals surface area contributed by atoms with Gasteiger partial charge in [-0.15, -0.1) is 0 Å². The number of nitrogens with one attached hydrogen (secondary N) is 2. The standard InChI is InChI=1S/C12H18N4O/c13-12(17)10-4-1-5-11(16-10)15-8-9-3-2-6-14-7-9/h1,4-5,9,14H,2-3,6-8H2,(H2,13,17)(H,15,16). The van der Waals surface area contributed by atoms with Gasteiger partial charge in [0.1, 0.15) is 11.5 Å². The van der Waals surface area contributed by atoms with Crippen molar-refractivity contribution >= 4 is 11.7 Å². The quantitative estimate of drug-likeness (QED) is 0.712. The van der Waals surface area contributed by atoms with Crippen LogP contribution in [0.15, 0.2) is 18.2 Å². The third kappa shape index (κ3) is 3.42. The van der Waals surface area contributed by atoms with Crippen LogP contribution in [0.2, 0.25) is 0 Å². The van der Waals surface area contributed by atoms with E-state index in [1.165, 1.54) is 12.8 Å². The van der Waals surface area contributed by atoms with Crippen LogP contribution in [-0.4, -0.2) is 30.5 Å². The van der Waals surface area contributed by atoms with E-state index in [0.717, 1.165) is 19.6 Å². The molecule has 0 spiro atoms. The minimum Gasteiger partial charge on any atom is -0.370 e. The molecule has 0 aliphatic carbocycles. The highest BCUT2D eigenvalue weighted by Gasteiger charge is 2.12. The summed E-state index contributed by atoms with van der Waals surface area (Å²) in [5.41, 5.74) is 5.48. The fourth-order valence-electron chi connectivity index (χ4n) is 2.02. The lowest BCUT2D eigenvalue weighted by Gasteiger charge is -2.23. The number of primary amides is 1. The molecule has 0 bridgehead atoms. The van der Waals surface area contributed by atoms with Gasteiger partial charge in [0.25, 0.3) is 5.91 Å². The summed E-state index contributed by atoms with van der Waals surface area (Å²) < 4.78 is 0. The maximum Gasteiger partial charge on any atom is 0.267 e. The number of hydrogen-bond acceptors (Lipinski definition) is 4. The molecule has 4 N–H and O–H groups in total. The second-order valence-corrected chi connectivity index (χ2v) is 4.37. The first-order valence-corrected chi connectivity index (χ1v) is 5.97. The average molecular weight is 234 g/mol. The van der Waals surface area contributed by atoms with Crippen molar-refractivity contribution < 1.29 is 4.79 Å². The third-order valence-corrected chi connectivity index (χ3v) is 2.97. The van der Waals surface area contributed by atoms with Crippen molar-refractivity contribution in [1.82, 2.24) is 10.3 Å². The van der Waals surface area contributed by atoms with Crippen LogP contribution in [0.1, 0.15) is 23.3 Å². The third-order valence-electron chi connectivity index (χ3n) is 2.97. The van der Waals surface area contributed by atoms with Crippen molar-refractivity contribution in [3.8, 4) is 0 Å². The fourth-order valence-corrected chi connectivity index (χ4v) is 2.02. The van der Waals surface area contributed by atoms with Gasteiger partial charge < -0.3 is 16.4 Å². The van der Waals surface area contributed by atoms with E-state index in [2.05, 4.69) is 15.6 Å². The van der Waals surface area contributed by atoms with Gasteiger partial charge in [0, 0.05) is 6.54 Å². The lowest BCUT2D eigenvalue weighted by Crippen LogP contribution is -2.33. The van der Waals surface area contributed by atoms with Crippen molar-refractivity contribution in [2.24, 2.45) is 11.7 Å². The molecule has 2 heterocycles. The second-order valence-electron chi connectivity index (χ2n) is 4.37. The zero-order valence-corrected chi connectivity index (χ0v) is 9.78. The van der Waals surface area contributed by atoms with E-state index < -0.39 is 5.91 Å². The summed E-state index contributed by atoms with van der Waals surface area (Å²) in [5.74, 6) is 0.850. The first kappa shape index (κ1) is 11.9. The number of amides is 1. The van der Waals surface area contributed by atoms with Crippen molar-refractivity contribution in [3.63, 3.8) is 0 Å².